The fourth-order valence-electron chi connectivity index (χ4n) is 1.88. The van der Waals surface area contributed by atoms with Crippen molar-refractivity contribution in [2.45, 2.75) is 0 Å². The van der Waals surface area contributed by atoms with Crippen LogP contribution in [0.15, 0.2) is 40.9 Å². The molecule has 0 fully saturated rings. The summed E-state index contributed by atoms with van der Waals surface area (Å²) in [6.07, 6.45) is 0. The van der Waals surface area contributed by atoms with Gasteiger partial charge in [-0.2, -0.15) is 4.68 Å². The normalized spacial score (nSPS) is 10.8. The Labute approximate surface area is 126 Å². The van der Waals surface area contributed by atoms with Crippen molar-refractivity contribution in [2.24, 2.45) is 0 Å². The Morgan fingerprint density at radius 1 is 1.05 bits per heavy atom. The van der Waals surface area contributed by atoms with Crippen molar-refractivity contribution < 1.29 is 8.78 Å². The van der Waals surface area contributed by atoms with Crippen molar-refractivity contribution >= 4 is 21.6 Å². The van der Waals surface area contributed by atoms with Gasteiger partial charge in [-0.25, -0.2) is 8.78 Å². The molecule has 8 heteroatoms. The molecule has 3 aromatic rings. The van der Waals surface area contributed by atoms with Gasteiger partial charge in [0.05, 0.1) is 5.56 Å². The summed E-state index contributed by atoms with van der Waals surface area (Å²) in [5.41, 5.74) is 6.21. The van der Waals surface area contributed by atoms with Crippen LogP contribution in [0.1, 0.15) is 0 Å². The van der Waals surface area contributed by atoms with E-state index in [0.717, 1.165) is 4.68 Å². The summed E-state index contributed by atoms with van der Waals surface area (Å²) in [7, 11) is 0. The summed E-state index contributed by atoms with van der Waals surface area (Å²) in [5, 5.41) is 11.0. The second-order valence-corrected chi connectivity index (χ2v) is 5.16. The van der Waals surface area contributed by atoms with Gasteiger partial charge in [-0.1, -0.05) is 15.9 Å². The Hall–Kier alpha value is -2.35. The number of nitrogens with zero attached hydrogens (tertiary/aromatic N) is 4. The van der Waals surface area contributed by atoms with Gasteiger partial charge in [0, 0.05) is 10.2 Å². The second-order valence-electron chi connectivity index (χ2n) is 4.25. The van der Waals surface area contributed by atoms with Crippen molar-refractivity contribution in [3.63, 3.8) is 0 Å². The van der Waals surface area contributed by atoms with Crippen LogP contribution in [0.5, 0.6) is 0 Å². The number of halogens is 3. The van der Waals surface area contributed by atoms with E-state index in [1.807, 2.05) is 0 Å². The maximum absolute atomic E-state index is 14.0. The lowest BCUT2D eigenvalue weighted by atomic mass is 10.1. The lowest BCUT2D eigenvalue weighted by Crippen LogP contribution is -2.04. The molecule has 0 saturated carbocycles. The Bertz CT molecular complexity index is 752. The molecule has 0 spiro atoms. The molecule has 2 aromatic carbocycles. The molecule has 0 aliphatic heterocycles. The Morgan fingerprint density at radius 2 is 1.81 bits per heavy atom. The first-order chi connectivity index (χ1) is 10.1. The molecule has 0 radical (unpaired) electrons. The van der Waals surface area contributed by atoms with Crippen LogP contribution in [0.4, 0.5) is 14.5 Å². The van der Waals surface area contributed by atoms with Gasteiger partial charge in [-0.15, -0.1) is 5.10 Å². The third kappa shape index (κ3) is 2.49. The molecule has 0 aliphatic carbocycles. The standard InChI is InChI=1S/C13H8BrF2N5/c14-7-1-3-11(16)12(5-7)21-13(18-19-20-21)9-6-8(17)2-4-10(9)15/h1-6H,17H2. The number of nitrogen functional groups attached to an aromatic ring is 1. The smallest absolute Gasteiger partial charge is 0.190 e. The van der Waals surface area contributed by atoms with E-state index in [-0.39, 0.29) is 17.1 Å². The van der Waals surface area contributed by atoms with Gasteiger partial charge in [0.25, 0.3) is 0 Å². The van der Waals surface area contributed by atoms with Gasteiger partial charge in [-0.05, 0) is 46.8 Å². The van der Waals surface area contributed by atoms with Crippen LogP contribution in [-0.2, 0) is 0 Å². The first kappa shape index (κ1) is 13.6. The quantitative estimate of drug-likeness (QED) is 0.720. The van der Waals surface area contributed by atoms with Crippen LogP contribution in [0.2, 0.25) is 0 Å². The molecular formula is C13H8BrF2N5. The van der Waals surface area contributed by atoms with Crippen LogP contribution in [0.25, 0.3) is 17.1 Å². The summed E-state index contributed by atoms with van der Waals surface area (Å²) in [5.74, 6) is -1.01. The Balaban J connectivity index is 2.22. The molecule has 1 heterocycles. The Morgan fingerprint density at radius 3 is 2.62 bits per heavy atom. The van der Waals surface area contributed by atoms with Crippen LogP contribution >= 0.6 is 15.9 Å². The molecule has 2 N–H and O–H groups in total. The minimum atomic E-state index is -0.546. The first-order valence-corrected chi connectivity index (χ1v) is 6.65. The number of nitrogens with two attached hydrogens (primary N) is 1. The Kier molecular flexibility index (Phi) is 3.38. The number of benzene rings is 2. The molecule has 0 atom stereocenters. The molecule has 0 saturated heterocycles. The van der Waals surface area contributed by atoms with E-state index in [9.17, 15) is 8.78 Å². The lowest BCUT2D eigenvalue weighted by Gasteiger charge is -2.07. The van der Waals surface area contributed by atoms with Crippen LogP contribution in [0, 0.1) is 11.6 Å². The highest BCUT2D eigenvalue weighted by Crippen LogP contribution is 2.26. The number of hydrogen-bond acceptors (Lipinski definition) is 4. The van der Waals surface area contributed by atoms with Gasteiger partial charge in [-0.3, -0.25) is 0 Å². The topological polar surface area (TPSA) is 69.6 Å². The van der Waals surface area contributed by atoms with E-state index in [0.29, 0.717) is 10.2 Å². The number of rotatable bonds is 2. The third-order valence-corrected chi connectivity index (χ3v) is 3.33. The van der Waals surface area contributed by atoms with Crippen LogP contribution in [0.3, 0.4) is 0 Å². The summed E-state index contributed by atoms with van der Waals surface area (Å²) >= 11 is 3.25. The van der Waals surface area contributed by atoms with E-state index in [1.54, 1.807) is 6.07 Å². The molecular weight excluding hydrogens is 344 g/mol. The van der Waals surface area contributed by atoms with Crippen LogP contribution < -0.4 is 5.73 Å². The number of tetrazole rings is 1. The van der Waals surface area contributed by atoms with E-state index in [2.05, 4.69) is 31.5 Å². The lowest BCUT2D eigenvalue weighted by molar-refractivity contribution is 0.605. The monoisotopic (exact) mass is 351 g/mol. The summed E-state index contributed by atoms with van der Waals surface area (Å²) in [4.78, 5) is 0. The molecule has 1 aromatic heterocycles. The molecule has 0 bridgehead atoms. The fraction of sp³-hybridized carbons (Fsp3) is 0. The largest absolute Gasteiger partial charge is 0.399 e. The molecule has 0 unspecified atom stereocenters. The van der Waals surface area contributed by atoms with E-state index < -0.39 is 11.6 Å². The summed E-state index contributed by atoms with van der Waals surface area (Å²) in [6, 6.07) is 8.34. The molecule has 5 nitrogen and oxygen atoms in total. The van der Waals surface area contributed by atoms with Crippen molar-refractivity contribution in [3.8, 4) is 17.1 Å². The number of hydrogen-bond donors (Lipinski definition) is 1. The molecule has 0 aliphatic rings. The zero-order valence-electron chi connectivity index (χ0n) is 10.5. The minimum Gasteiger partial charge on any atom is -0.399 e. The predicted octanol–water partition coefficient (Wildman–Crippen LogP) is 2.95. The highest BCUT2D eigenvalue weighted by Gasteiger charge is 2.17. The van der Waals surface area contributed by atoms with E-state index >= 15 is 0 Å². The molecule has 21 heavy (non-hydrogen) atoms. The highest BCUT2D eigenvalue weighted by molar-refractivity contribution is 9.10. The highest BCUT2D eigenvalue weighted by atomic mass is 79.9. The van der Waals surface area contributed by atoms with Crippen LogP contribution in [-0.4, -0.2) is 20.2 Å². The van der Waals surface area contributed by atoms with Gasteiger partial charge in [0.15, 0.2) is 5.82 Å². The predicted molar refractivity (Wildman–Crippen MR) is 76.6 cm³/mol. The SMILES string of the molecule is Nc1ccc(F)c(-c2nnnn2-c2cc(Br)ccc2F)c1. The molecule has 0 amide bonds. The van der Waals surface area contributed by atoms with Gasteiger partial charge in [0.2, 0.25) is 0 Å². The summed E-state index contributed by atoms with van der Waals surface area (Å²) in [6.45, 7) is 0. The zero-order chi connectivity index (χ0) is 15.0. The average Bonchev–Trinajstić information content (AvgIpc) is 2.93. The first-order valence-electron chi connectivity index (χ1n) is 5.85. The van der Waals surface area contributed by atoms with Crippen molar-refractivity contribution in [2.75, 3.05) is 5.73 Å². The van der Waals surface area contributed by atoms with Crippen molar-refractivity contribution in [1.29, 1.82) is 0 Å². The summed E-state index contributed by atoms with van der Waals surface area (Å²) < 4.78 is 29.7. The number of anilines is 1. The van der Waals surface area contributed by atoms with E-state index in [1.165, 1.54) is 30.3 Å². The number of aromatic nitrogens is 4. The van der Waals surface area contributed by atoms with Crippen molar-refractivity contribution in [3.05, 3.63) is 52.5 Å². The fourth-order valence-corrected chi connectivity index (χ4v) is 2.23. The van der Waals surface area contributed by atoms with Gasteiger partial charge < -0.3 is 5.73 Å². The van der Waals surface area contributed by atoms with Gasteiger partial charge in [0.1, 0.15) is 17.3 Å². The van der Waals surface area contributed by atoms with Gasteiger partial charge >= 0.3 is 0 Å². The third-order valence-electron chi connectivity index (χ3n) is 2.84. The van der Waals surface area contributed by atoms with E-state index in [4.69, 9.17) is 5.73 Å². The molecule has 106 valence electrons. The molecule has 3 rings (SSSR count). The second kappa shape index (κ2) is 5.21. The minimum absolute atomic E-state index is 0.0665. The van der Waals surface area contributed by atoms with Crippen molar-refractivity contribution in [1.82, 2.24) is 20.2 Å². The maximum Gasteiger partial charge on any atom is 0.190 e. The average molecular weight is 352 g/mol. The zero-order valence-corrected chi connectivity index (χ0v) is 12.1. The maximum atomic E-state index is 14.0.